The third kappa shape index (κ3) is 8.56. The molecule has 3 N–H and O–H groups in total. The second kappa shape index (κ2) is 15.7. The van der Waals surface area contributed by atoms with Gasteiger partial charge in [0.25, 0.3) is 11.6 Å². The van der Waals surface area contributed by atoms with Crippen LogP contribution in [0.5, 0.6) is 28.7 Å². The van der Waals surface area contributed by atoms with E-state index in [-0.39, 0.29) is 40.9 Å². The highest BCUT2D eigenvalue weighted by atomic mass is 16.6. The van der Waals surface area contributed by atoms with Crippen molar-refractivity contribution in [1.82, 2.24) is 16.1 Å². The van der Waals surface area contributed by atoms with Crippen molar-refractivity contribution in [1.29, 1.82) is 0 Å². The number of allylic oxidation sites excluding steroid dienone is 1. The number of hydrazone groups is 1. The van der Waals surface area contributed by atoms with Gasteiger partial charge in [-0.05, 0) is 61.4 Å². The lowest BCUT2D eigenvalue weighted by Crippen LogP contribution is -2.45. The van der Waals surface area contributed by atoms with Crippen molar-refractivity contribution in [3.8, 4) is 28.7 Å². The fourth-order valence-electron chi connectivity index (χ4n) is 4.58. The van der Waals surface area contributed by atoms with Gasteiger partial charge < -0.3 is 34.3 Å². The Hall–Kier alpha value is -6.72. The third-order valence-electron chi connectivity index (χ3n) is 6.80. The Morgan fingerprint density at radius 2 is 1.63 bits per heavy atom. The van der Waals surface area contributed by atoms with Gasteiger partial charge in [-0.15, -0.1) is 0 Å². The minimum Gasteiger partial charge on any atom is -0.493 e. The first-order valence-corrected chi connectivity index (χ1v) is 14.3. The molecule has 1 atom stereocenters. The van der Waals surface area contributed by atoms with Crippen LogP contribution in [-0.2, 0) is 14.3 Å². The van der Waals surface area contributed by atoms with Gasteiger partial charge in [0, 0.05) is 11.8 Å². The monoisotopic (exact) mass is 678 g/mol. The van der Waals surface area contributed by atoms with E-state index in [1.807, 2.05) is 0 Å². The van der Waals surface area contributed by atoms with Crippen LogP contribution in [-0.4, -0.2) is 61.4 Å². The fraction of sp³-hybridized carbons (Fsp3) is 0.226. The fourth-order valence-corrected chi connectivity index (χ4v) is 4.58. The topological polar surface area (TPSA) is 232 Å². The molecular formula is C31H30N6O12. The Balaban J connectivity index is 1.39. The van der Waals surface area contributed by atoms with Crippen molar-refractivity contribution < 1.29 is 47.9 Å². The van der Waals surface area contributed by atoms with Gasteiger partial charge in [0.1, 0.15) is 0 Å². The summed E-state index contributed by atoms with van der Waals surface area (Å²) in [5.74, 6) is -0.765. The number of nitrogens with zero attached hydrogens (tertiary/aromatic N) is 3. The van der Waals surface area contributed by atoms with E-state index in [0.29, 0.717) is 16.8 Å². The molecule has 1 heterocycles. The molecule has 49 heavy (non-hydrogen) atoms. The predicted molar refractivity (Wildman–Crippen MR) is 171 cm³/mol. The number of rotatable bonds is 14. The van der Waals surface area contributed by atoms with Gasteiger partial charge >= 0.3 is 17.7 Å². The van der Waals surface area contributed by atoms with Gasteiger partial charge in [0.2, 0.25) is 5.75 Å². The quantitative estimate of drug-likeness (QED) is 0.0949. The van der Waals surface area contributed by atoms with Crippen LogP contribution >= 0.6 is 0 Å². The van der Waals surface area contributed by atoms with E-state index < -0.39 is 51.8 Å². The summed E-state index contributed by atoms with van der Waals surface area (Å²) in [4.78, 5) is 58.1. The van der Waals surface area contributed by atoms with E-state index in [0.717, 1.165) is 18.2 Å². The van der Waals surface area contributed by atoms with Crippen molar-refractivity contribution in [3.63, 3.8) is 0 Å². The minimum atomic E-state index is -0.825. The van der Waals surface area contributed by atoms with Crippen LogP contribution in [0, 0.1) is 20.2 Å². The van der Waals surface area contributed by atoms with Gasteiger partial charge in [-0.3, -0.25) is 25.0 Å². The minimum absolute atomic E-state index is 0.0832. The van der Waals surface area contributed by atoms with Crippen molar-refractivity contribution in [2.75, 3.05) is 27.4 Å². The molecule has 0 radical (unpaired) electrons. The molecule has 0 aromatic heterocycles. The largest absolute Gasteiger partial charge is 0.493 e. The zero-order valence-corrected chi connectivity index (χ0v) is 26.5. The number of carbonyl (C=O) groups excluding carboxylic acids is 3. The molecule has 3 aromatic carbocycles. The molecule has 3 aromatic rings. The predicted octanol–water partition coefficient (Wildman–Crippen LogP) is 4.03. The summed E-state index contributed by atoms with van der Waals surface area (Å²) in [7, 11) is 2.73. The molecule has 256 valence electrons. The first kappa shape index (κ1) is 35.1. The highest BCUT2D eigenvalue weighted by molar-refractivity contribution is 5.95. The molecule has 0 bridgehead atoms. The van der Waals surface area contributed by atoms with Gasteiger partial charge in [0.15, 0.2) is 29.6 Å². The van der Waals surface area contributed by atoms with Crippen molar-refractivity contribution in [3.05, 3.63) is 97.2 Å². The number of benzene rings is 3. The van der Waals surface area contributed by atoms with Crippen LogP contribution in [0.3, 0.4) is 0 Å². The SMILES string of the molecule is CCOC(=O)C1=C(C)NC(=O)N[C@@H]1c1ccc(OCC(=O)N/N=C\c2ccc(Oc3ccc([N+](=O)[O-])cc3[N+](=O)[O-])c(OC)c2)c(OC)c1. The standard InChI is InChI=1S/C31H30N6O12/c1-5-47-30(39)28-17(2)33-31(40)34-29(28)19-7-10-23(26(13-19)46-4)48-16-27(38)35-32-15-18-6-9-24(25(12-18)45-3)49-22-11-8-20(36(41)42)14-21(22)37(43)44/h6-15,29H,5,16H2,1-4H3,(H,35,38)(H2,33,34,40)/b32-15-/t29-/m1/s1. The first-order valence-electron chi connectivity index (χ1n) is 14.3. The zero-order valence-electron chi connectivity index (χ0n) is 26.5. The van der Waals surface area contributed by atoms with E-state index in [4.69, 9.17) is 23.7 Å². The average Bonchev–Trinajstić information content (AvgIpc) is 3.07. The number of esters is 1. The lowest BCUT2D eigenvalue weighted by atomic mass is 9.95. The Bertz CT molecular complexity index is 1860. The lowest BCUT2D eigenvalue weighted by Gasteiger charge is -2.28. The second-order valence-corrected chi connectivity index (χ2v) is 9.96. The van der Waals surface area contributed by atoms with E-state index >= 15 is 0 Å². The van der Waals surface area contributed by atoms with Crippen LogP contribution < -0.4 is 35.0 Å². The number of non-ortho nitro benzene ring substituents is 1. The molecule has 18 heteroatoms. The van der Waals surface area contributed by atoms with E-state index in [2.05, 4.69) is 21.2 Å². The number of hydrogen-bond acceptors (Lipinski definition) is 13. The molecule has 3 amide bonds. The van der Waals surface area contributed by atoms with Crippen molar-refractivity contribution >= 4 is 35.5 Å². The van der Waals surface area contributed by atoms with Gasteiger partial charge in [-0.2, -0.15) is 5.10 Å². The number of nitro benzene ring substituents is 2. The number of nitro groups is 2. The highest BCUT2D eigenvalue weighted by Crippen LogP contribution is 2.38. The molecule has 0 saturated carbocycles. The van der Waals surface area contributed by atoms with Crippen LogP contribution in [0.1, 0.15) is 31.0 Å². The average molecular weight is 679 g/mol. The number of ether oxygens (including phenoxy) is 5. The maximum atomic E-state index is 12.6. The molecular weight excluding hydrogens is 648 g/mol. The number of amides is 3. The summed E-state index contributed by atoms with van der Waals surface area (Å²) >= 11 is 0. The van der Waals surface area contributed by atoms with Gasteiger partial charge in [-0.1, -0.05) is 6.07 Å². The number of urea groups is 1. The molecule has 0 fully saturated rings. The molecule has 0 aliphatic carbocycles. The maximum absolute atomic E-state index is 12.6. The Morgan fingerprint density at radius 1 is 0.939 bits per heavy atom. The Labute approximate surface area is 277 Å². The maximum Gasteiger partial charge on any atom is 0.338 e. The summed E-state index contributed by atoms with van der Waals surface area (Å²) in [6, 6.07) is 10.8. The number of carbonyl (C=O) groups is 3. The molecule has 1 aliphatic rings. The number of hydrogen-bond donors (Lipinski definition) is 3. The summed E-state index contributed by atoms with van der Waals surface area (Å²) in [6.07, 6.45) is 1.30. The Morgan fingerprint density at radius 3 is 2.31 bits per heavy atom. The van der Waals surface area contributed by atoms with E-state index in [1.165, 1.54) is 44.7 Å². The summed E-state index contributed by atoms with van der Waals surface area (Å²) in [5.41, 5.74) is 2.78. The summed E-state index contributed by atoms with van der Waals surface area (Å²) in [6.45, 7) is 2.96. The van der Waals surface area contributed by atoms with Crippen LogP contribution in [0.4, 0.5) is 16.2 Å². The number of methoxy groups -OCH3 is 2. The molecule has 0 spiro atoms. The molecule has 18 nitrogen and oxygen atoms in total. The van der Waals surface area contributed by atoms with Crippen LogP contribution in [0.2, 0.25) is 0 Å². The summed E-state index contributed by atoms with van der Waals surface area (Å²) in [5, 5.41) is 31.6. The molecule has 0 saturated heterocycles. The summed E-state index contributed by atoms with van der Waals surface area (Å²) < 4.78 is 27.1. The van der Waals surface area contributed by atoms with Crippen molar-refractivity contribution in [2.24, 2.45) is 5.10 Å². The second-order valence-electron chi connectivity index (χ2n) is 9.96. The smallest absolute Gasteiger partial charge is 0.338 e. The van der Waals surface area contributed by atoms with E-state index in [1.54, 1.807) is 26.0 Å². The van der Waals surface area contributed by atoms with Crippen LogP contribution in [0.15, 0.2) is 71.0 Å². The van der Waals surface area contributed by atoms with Crippen LogP contribution in [0.25, 0.3) is 0 Å². The molecule has 4 rings (SSSR count). The third-order valence-corrected chi connectivity index (χ3v) is 6.80. The van der Waals surface area contributed by atoms with E-state index in [9.17, 15) is 34.6 Å². The normalized spacial score (nSPS) is 14.0. The number of nitrogens with one attached hydrogen (secondary N) is 3. The lowest BCUT2D eigenvalue weighted by molar-refractivity contribution is -0.394. The van der Waals surface area contributed by atoms with Gasteiger partial charge in [-0.25, -0.2) is 15.0 Å². The van der Waals surface area contributed by atoms with Crippen molar-refractivity contribution in [2.45, 2.75) is 19.9 Å². The Kier molecular flexibility index (Phi) is 11.3. The van der Waals surface area contributed by atoms with Gasteiger partial charge in [0.05, 0.1) is 54.6 Å². The highest BCUT2D eigenvalue weighted by Gasteiger charge is 2.32. The molecule has 1 aliphatic heterocycles. The molecule has 0 unspecified atom stereocenters. The first-order chi connectivity index (χ1) is 23.4. The zero-order chi connectivity index (χ0) is 35.7.